The second-order valence-corrected chi connectivity index (χ2v) is 5.82. The lowest BCUT2D eigenvalue weighted by Gasteiger charge is -2.23. The summed E-state index contributed by atoms with van der Waals surface area (Å²) < 4.78 is 10.7. The predicted molar refractivity (Wildman–Crippen MR) is 83.4 cm³/mol. The molecule has 1 heterocycles. The van der Waals surface area contributed by atoms with E-state index in [1.54, 1.807) is 14.2 Å². The van der Waals surface area contributed by atoms with Gasteiger partial charge in [-0.3, -0.25) is 0 Å². The van der Waals surface area contributed by atoms with Gasteiger partial charge in [-0.25, -0.2) is 0 Å². The van der Waals surface area contributed by atoms with Crippen LogP contribution in [0.3, 0.4) is 0 Å². The number of nitrogens with zero attached hydrogens (tertiary/aromatic N) is 1. The minimum Gasteiger partial charge on any atom is -0.495 e. The number of hydrogen-bond acceptors (Lipinski definition) is 4. The summed E-state index contributed by atoms with van der Waals surface area (Å²) >= 11 is 6.23. The monoisotopic (exact) mass is 298 g/mol. The minimum absolute atomic E-state index is 0.501. The van der Waals surface area contributed by atoms with Crippen LogP contribution in [0.5, 0.6) is 11.5 Å². The highest BCUT2D eigenvalue weighted by molar-refractivity contribution is 6.32. The van der Waals surface area contributed by atoms with Crippen molar-refractivity contribution < 1.29 is 9.47 Å². The van der Waals surface area contributed by atoms with Gasteiger partial charge in [0.25, 0.3) is 0 Å². The minimum atomic E-state index is 0.501. The third kappa shape index (κ3) is 3.30. The quantitative estimate of drug-likeness (QED) is 0.906. The Morgan fingerprint density at radius 2 is 1.95 bits per heavy atom. The molecule has 112 valence electrons. The number of nitrogens with one attached hydrogen (secondary N) is 1. The van der Waals surface area contributed by atoms with E-state index < -0.39 is 0 Å². The van der Waals surface area contributed by atoms with Gasteiger partial charge in [0.1, 0.15) is 11.5 Å². The molecule has 1 aliphatic rings. The summed E-state index contributed by atoms with van der Waals surface area (Å²) in [6.45, 7) is 6.32. The number of ether oxygens (including phenoxy) is 2. The lowest BCUT2D eigenvalue weighted by Crippen LogP contribution is -2.37. The van der Waals surface area contributed by atoms with Crippen LogP contribution in [0.2, 0.25) is 5.02 Å². The van der Waals surface area contributed by atoms with Crippen LogP contribution in [0.25, 0.3) is 0 Å². The number of halogens is 1. The first-order valence-electron chi connectivity index (χ1n) is 6.97. The molecule has 4 nitrogen and oxygen atoms in total. The van der Waals surface area contributed by atoms with E-state index in [1.165, 1.54) is 0 Å². The Morgan fingerprint density at radius 1 is 1.25 bits per heavy atom. The highest BCUT2D eigenvalue weighted by atomic mass is 35.5. The fourth-order valence-electron chi connectivity index (χ4n) is 2.68. The summed E-state index contributed by atoms with van der Waals surface area (Å²) in [5, 5.41) is 4.19. The highest BCUT2D eigenvalue weighted by Crippen LogP contribution is 2.39. The molecule has 1 unspecified atom stereocenters. The van der Waals surface area contributed by atoms with Crippen LogP contribution in [-0.2, 0) is 0 Å². The van der Waals surface area contributed by atoms with Gasteiger partial charge in [-0.15, -0.1) is 0 Å². The van der Waals surface area contributed by atoms with Gasteiger partial charge < -0.3 is 19.7 Å². The first-order valence-corrected chi connectivity index (χ1v) is 7.35. The molecule has 1 saturated heterocycles. The van der Waals surface area contributed by atoms with Crippen LogP contribution >= 0.6 is 11.6 Å². The number of rotatable bonds is 5. The number of benzene rings is 1. The second-order valence-electron chi connectivity index (χ2n) is 5.41. The summed E-state index contributed by atoms with van der Waals surface area (Å²) in [4.78, 5) is 2.31. The van der Waals surface area contributed by atoms with Crippen molar-refractivity contribution in [1.29, 1.82) is 0 Å². The van der Waals surface area contributed by atoms with E-state index in [1.807, 2.05) is 12.1 Å². The molecule has 0 spiro atoms. The normalized spacial score (nSPS) is 18.7. The predicted octanol–water partition coefficient (Wildman–Crippen LogP) is 2.93. The van der Waals surface area contributed by atoms with E-state index >= 15 is 0 Å². The molecule has 1 atom stereocenters. The molecule has 5 heteroatoms. The molecule has 1 aromatic rings. The topological polar surface area (TPSA) is 33.7 Å². The van der Waals surface area contributed by atoms with Crippen molar-refractivity contribution in [3.05, 3.63) is 17.2 Å². The molecule has 0 bridgehead atoms. The molecule has 0 aromatic heterocycles. The van der Waals surface area contributed by atoms with Crippen LogP contribution in [0.4, 0.5) is 5.69 Å². The van der Waals surface area contributed by atoms with E-state index in [4.69, 9.17) is 21.1 Å². The zero-order valence-electron chi connectivity index (χ0n) is 12.6. The van der Waals surface area contributed by atoms with Gasteiger partial charge in [-0.2, -0.15) is 0 Å². The smallest absolute Gasteiger partial charge is 0.145 e. The van der Waals surface area contributed by atoms with Gasteiger partial charge in [-0.1, -0.05) is 25.4 Å². The van der Waals surface area contributed by atoms with Crippen molar-refractivity contribution in [2.24, 2.45) is 0 Å². The van der Waals surface area contributed by atoms with Gasteiger partial charge in [0.2, 0.25) is 0 Å². The molecule has 1 N–H and O–H groups in total. The van der Waals surface area contributed by atoms with Crippen molar-refractivity contribution >= 4 is 17.3 Å². The fraction of sp³-hybridized carbons (Fsp3) is 0.600. The zero-order chi connectivity index (χ0) is 14.7. The zero-order valence-corrected chi connectivity index (χ0v) is 13.3. The molecule has 1 fully saturated rings. The molecule has 1 aromatic carbocycles. The third-order valence-electron chi connectivity index (χ3n) is 3.55. The average Bonchev–Trinajstić information content (AvgIpc) is 2.85. The maximum absolute atomic E-state index is 6.23. The lowest BCUT2D eigenvalue weighted by atomic mass is 10.2. The van der Waals surface area contributed by atoms with Crippen LogP contribution in [0.1, 0.15) is 20.3 Å². The third-order valence-corrected chi connectivity index (χ3v) is 3.85. The highest BCUT2D eigenvalue weighted by Gasteiger charge is 2.25. The van der Waals surface area contributed by atoms with Crippen molar-refractivity contribution in [3.8, 4) is 11.5 Å². The Hall–Kier alpha value is -1.13. The van der Waals surface area contributed by atoms with Gasteiger partial charge in [0.15, 0.2) is 0 Å². The molecule has 2 rings (SSSR count). The summed E-state index contributed by atoms with van der Waals surface area (Å²) in [5.41, 5.74) is 1.03. The Kier molecular flexibility index (Phi) is 5.00. The van der Waals surface area contributed by atoms with Gasteiger partial charge >= 0.3 is 0 Å². The van der Waals surface area contributed by atoms with Crippen molar-refractivity contribution in [2.45, 2.75) is 32.4 Å². The van der Waals surface area contributed by atoms with Crippen molar-refractivity contribution in [1.82, 2.24) is 5.32 Å². The van der Waals surface area contributed by atoms with Crippen LogP contribution in [0.15, 0.2) is 12.1 Å². The molecule has 0 saturated carbocycles. The standard InChI is InChI=1S/C15H23ClN2O2/c1-10(2)17-11-5-6-18(9-11)13-7-12(16)14(19-3)8-15(13)20-4/h7-8,10-11,17H,5-6,9H2,1-4H3. The van der Waals surface area contributed by atoms with Crippen molar-refractivity contribution in [3.63, 3.8) is 0 Å². The van der Waals surface area contributed by atoms with E-state index in [0.29, 0.717) is 22.9 Å². The van der Waals surface area contributed by atoms with Crippen molar-refractivity contribution in [2.75, 3.05) is 32.2 Å². The Morgan fingerprint density at radius 3 is 2.55 bits per heavy atom. The van der Waals surface area contributed by atoms with Crippen LogP contribution < -0.4 is 19.7 Å². The fourth-order valence-corrected chi connectivity index (χ4v) is 2.91. The van der Waals surface area contributed by atoms with Crippen LogP contribution in [-0.4, -0.2) is 39.4 Å². The number of methoxy groups -OCH3 is 2. The largest absolute Gasteiger partial charge is 0.495 e. The summed E-state index contributed by atoms with van der Waals surface area (Å²) in [5.74, 6) is 1.44. The Balaban J connectivity index is 2.19. The Bertz CT molecular complexity index is 465. The first kappa shape index (κ1) is 15.3. The van der Waals surface area contributed by atoms with Gasteiger partial charge in [-0.05, 0) is 12.5 Å². The lowest BCUT2D eigenvalue weighted by molar-refractivity contribution is 0.394. The second kappa shape index (κ2) is 6.55. The Labute approximate surface area is 126 Å². The van der Waals surface area contributed by atoms with E-state index in [-0.39, 0.29) is 0 Å². The SMILES string of the molecule is COc1cc(OC)c(N2CCC(NC(C)C)C2)cc1Cl. The molecule has 0 radical (unpaired) electrons. The molecular weight excluding hydrogens is 276 g/mol. The molecule has 0 aliphatic carbocycles. The first-order chi connectivity index (χ1) is 9.55. The van der Waals surface area contributed by atoms with Gasteiger partial charge in [0.05, 0.1) is 24.9 Å². The van der Waals surface area contributed by atoms with Crippen LogP contribution in [0, 0.1) is 0 Å². The van der Waals surface area contributed by atoms with Gasteiger partial charge in [0, 0.05) is 31.2 Å². The molecule has 1 aliphatic heterocycles. The summed E-state index contributed by atoms with van der Waals surface area (Å²) in [6.07, 6.45) is 1.13. The maximum atomic E-state index is 6.23. The number of hydrogen-bond donors (Lipinski definition) is 1. The van der Waals surface area contributed by atoms with E-state index in [2.05, 4.69) is 24.1 Å². The summed E-state index contributed by atoms with van der Waals surface area (Å²) in [6, 6.07) is 4.79. The molecule has 20 heavy (non-hydrogen) atoms. The van der Waals surface area contributed by atoms with E-state index in [0.717, 1.165) is 30.9 Å². The maximum Gasteiger partial charge on any atom is 0.145 e. The molecular formula is C15H23ClN2O2. The molecule has 0 amide bonds. The van der Waals surface area contributed by atoms with E-state index in [9.17, 15) is 0 Å². The number of anilines is 1. The summed E-state index contributed by atoms with van der Waals surface area (Å²) in [7, 11) is 3.28. The average molecular weight is 299 g/mol.